The number of fused-ring (bicyclic) bond motifs is 2. The molecule has 0 aromatic carbocycles. The minimum atomic E-state index is 0.845. The summed E-state index contributed by atoms with van der Waals surface area (Å²) in [5.74, 6) is 1.89. The Balaban J connectivity index is 1.36. The number of rotatable bonds is 3. The standard InChI is InChI=1S/C21H24N6/c1-15-24-19(20-7-3-5-10-27(15)20)14-26-11-8-17-16(13-26)12-23-21(25-17)18-6-2-4-9-22-18/h3,5,7,10,12H,2,4,6,8-9,11,13-14H2,1H3. The van der Waals surface area contributed by atoms with E-state index in [2.05, 4.69) is 44.5 Å². The lowest BCUT2D eigenvalue weighted by Crippen LogP contribution is -2.31. The zero-order chi connectivity index (χ0) is 18.2. The van der Waals surface area contributed by atoms with Crippen LogP contribution in [-0.4, -0.2) is 43.1 Å². The van der Waals surface area contributed by atoms with Crippen LogP contribution >= 0.6 is 0 Å². The van der Waals surface area contributed by atoms with Crippen LogP contribution in [-0.2, 0) is 19.5 Å². The predicted molar refractivity (Wildman–Crippen MR) is 105 cm³/mol. The van der Waals surface area contributed by atoms with Gasteiger partial charge in [-0.1, -0.05) is 6.07 Å². The topological polar surface area (TPSA) is 58.7 Å². The predicted octanol–water partition coefficient (Wildman–Crippen LogP) is 2.96. The van der Waals surface area contributed by atoms with Gasteiger partial charge in [0.2, 0.25) is 0 Å². The van der Waals surface area contributed by atoms with Gasteiger partial charge in [-0.25, -0.2) is 15.0 Å². The monoisotopic (exact) mass is 360 g/mol. The minimum Gasteiger partial charge on any atom is -0.304 e. The van der Waals surface area contributed by atoms with Gasteiger partial charge in [-0.2, -0.15) is 0 Å². The van der Waals surface area contributed by atoms with Crippen molar-refractivity contribution in [2.45, 2.75) is 45.7 Å². The van der Waals surface area contributed by atoms with Crippen LogP contribution in [0, 0.1) is 6.92 Å². The van der Waals surface area contributed by atoms with E-state index in [1.54, 1.807) is 0 Å². The van der Waals surface area contributed by atoms with Crippen LogP contribution in [0.3, 0.4) is 0 Å². The summed E-state index contributed by atoms with van der Waals surface area (Å²) in [5, 5.41) is 0. The number of nitrogens with zero attached hydrogens (tertiary/aromatic N) is 6. The molecule has 0 N–H and O–H groups in total. The highest BCUT2D eigenvalue weighted by Gasteiger charge is 2.21. The fourth-order valence-electron chi connectivity index (χ4n) is 4.12. The molecule has 0 atom stereocenters. The second kappa shape index (κ2) is 6.85. The van der Waals surface area contributed by atoms with Gasteiger partial charge in [0.1, 0.15) is 5.82 Å². The van der Waals surface area contributed by atoms with Gasteiger partial charge >= 0.3 is 0 Å². The van der Waals surface area contributed by atoms with Crippen LogP contribution in [0.15, 0.2) is 35.6 Å². The van der Waals surface area contributed by atoms with Crippen molar-refractivity contribution in [1.82, 2.24) is 24.3 Å². The summed E-state index contributed by atoms with van der Waals surface area (Å²) in [7, 11) is 0. The molecule has 5 heterocycles. The molecular formula is C21H24N6. The first-order chi connectivity index (χ1) is 13.3. The van der Waals surface area contributed by atoms with Crippen LogP contribution in [0.2, 0.25) is 0 Å². The number of aromatic nitrogens is 4. The Kier molecular flexibility index (Phi) is 4.20. The molecule has 6 nitrogen and oxygen atoms in total. The molecule has 5 rings (SSSR count). The average molecular weight is 360 g/mol. The summed E-state index contributed by atoms with van der Waals surface area (Å²) in [6.07, 6.45) is 8.45. The molecule has 3 aromatic rings. The maximum Gasteiger partial charge on any atom is 0.173 e. The van der Waals surface area contributed by atoms with Crippen molar-refractivity contribution in [3.63, 3.8) is 0 Å². The van der Waals surface area contributed by atoms with Crippen LogP contribution < -0.4 is 0 Å². The molecule has 3 aromatic heterocycles. The van der Waals surface area contributed by atoms with Gasteiger partial charge in [-0.3, -0.25) is 9.89 Å². The van der Waals surface area contributed by atoms with E-state index in [1.807, 2.05) is 12.3 Å². The third-order valence-corrected chi connectivity index (χ3v) is 5.57. The molecule has 0 radical (unpaired) electrons. The van der Waals surface area contributed by atoms with E-state index in [0.29, 0.717) is 0 Å². The van der Waals surface area contributed by atoms with Crippen molar-refractivity contribution >= 4 is 11.2 Å². The Morgan fingerprint density at radius 2 is 2.07 bits per heavy atom. The minimum absolute atomic E-state index is 0.845. The Hall–Kier alpha value is -2.60. The SMILES string of the molecule is Cc1nc(CN2CCc3nc(C4=NCCCC4)ncc3C2)c2ccccn12. The summed E-state index contributed by atoms with van der Waals surface area (Å²) < 4.78 is 2.16. The lowest BCUT2D eigenvalue weighted by Gasteiger charge is -2.27. The summed E-state index contributed by atoms with van der Waals surface area (Å²) in [5.41, 5.74) is 5.86. The van der Waals surface area contributed by atoms with E-state index < -0.39 is 0 Å². The molecule has 27 heavy (non-hydrogen) atoms. The fraction of sp³-hybridized carbons (Fsp3) is 0.429. The molecule has 0 amide bonds. The summed E-state index contributed by atoms with van der Waals surface area (Å²) in [6, 6.07) is 6.27. The lowest BCUT2D eigenvalue weighted by atomic mass is 10.1. The van der Waals surface area contributed by atoms with Crippen LogP contribution in [0.5, 0.6) is 0 Å². The second-order valence-electron chi connectivity index (χ2n) is 7.47. The van der Waals surface area contributed by atoms with Gasteiger partial charge in [-0.15, -0.1) is 0 Å². The highest BCUT2D eigenvalue weighted by molar-refractivity contribution is 5.97. The first-order valence-corrected chi connectivity index (χ1v) is 9.81. The molecule has 2 aliphatic heterocycles. The van der Waals surface area contributed by atoms with Crippen molar-refractivity contribution in [2.24, 2.45) is 4.99 Å². The largest absolute Gasteiger partial charge is 0.304 e. The maximum atomic E-state index is 4.84. The number of hydrogen-bond donors (Lipinski definition) is 0. The third kappa shape index (κ3) is 3.14. The highest BCUT2D eigenvalue weighted by Crippen LogP contribution is 2.21. The van der Waals surface area contributed by atoms with Gasteiger partial charge < -0.3 is 4.40 Å². The molecule has 2 aliphatic rings. The van der Waals surface area contributed by atoms with Crippen molar-refractivity contribution in [1.29, 1.82) is 0 Å². The van der Waals surface area contributed by atoms with Gasteiger partial charge in [0.25, 0.3) is 0 Å². The van der Waals surface area contributed by atoms with E-state index >= 15 is 0 Å². The smallest absolute Gasteiger partial charge is 0.173 e. The Morgan fingerprint density at radius 3 is 2.96 bits per heavy atom. The second-order valence-corrected chi connectivity index (χ2v) is 7.47. The molecule has 0 saturated heterocycles. The van der Waals surface area contributed by atoms with Crippen LogP contribution in [0.1, 0.15) is 47.9 Å². The third-order valence-electron chi connectivity index (χ3n) is 5.57. The van der Waals surface area contributed by atoms with E-state index in [4.69, 9.17) is 9.97 Å². The Bertz CT molecular complexity index is 1020. The van der Waals surface area contributed by atoms with Gasteiger partial charge in [0, 0.05) is 50.6 Å². The van der Waals surface area contributed by atoms with Crippen molar-refractivity contribution in [3.05, 3.63) is 59.2 Å². The quantitative estimate of drug-likeness (QED) is 0.720. The Labute approximate surface area is 159 Å². The average Bonchev–Trinajstić information content (AvgIpc) is 3.04. The number of aryl methyl sites for hydroxylation is 1. The van der Waals surface area contributed by atoms with E-state index in [1.165, 1.54) is 29.6 Å². The molecule has 0 unspecified atom stereocenters. The van der Waals surface area contributed by atoms with Gasteiger partial charge in [0.05, 0.1) is 22.6 Å². The van der Waals surface area contributed by atoms with E-state index in [0.717, 1.165) is 62.1 Å². The van der Waals surface area contributed by atoms with E-state index in [-0.39, 0.29) is 0 Å². The molecule has 0 bridgehead atoms. The van der Waals surface area contributed by atoms with Crippen molar-refractivity contribution in [2.75, 3.05) is 13.1 Å². The van der Waals surface area contributed by atoms with Crippen LogP contribution in [0.25, 0.3) is 5.52 Å². The van der Waals surface area contributed by atoms with E-state index in [9.17, 15) is 0 Å². The van der Waals surface area contributed by atoms with Crippen molar-refractivity contribution < 1.29 is 0 Å². The summed E-state index contributed by atoms with van der Waals surface area (Å²) in [6.45, 7) is 5.72. The zero-order valence-corrected chi connectivity index (χ0v) is 15.7. The first kappa shape index (κ1) is 16.6. The number of hydrogen-bond acceptors (Lipinski definition) is 5. The van der Waals surface area contributed by atoms with Gasteiger partial charge in [-0.05, 0) is 38.3 Å². The normalized spacial score (nSPS) is 17.7. The molecule has 6 heteroatoms. The Morgan fingerprint density at radius 1 is 1.11 bits per heavy atom. The van der Waals surface area contributed by atoms with Crippen LogP contribution in [0.4, 0.5) is 0 Å². The highest BCUT2D eigenvalue weighted by atomic mass is 15.2. The summed E-state index contributed by atoms with van der Waals surface area (Å²) >= 11 is 0. The molecule has 138 valence electrons. The number of aliphatic imine (C=N–C) groups is 1. The maximum absolute atomic E-state index is 4.84. The molecule has 0 aliphatic carbocycles. The summed E-state index contributed by atoms with van der Waals surface area (Å²) in [4.78, 5) is 21.3. The van der Waals surface area contributed by atoms with Crippen molar-refractivity contribution in [3.8, 4) is 0 Å². The molecule has 0 spiro atoms. The number of imidazole rings is 1. The molecular weight excluding hydrogens is 336 g/mol. The number of pyridine rings is 1. The van der Waals surface area contributed by atoms with Gasteiger partial charge in [0.15, 0.2) is 5.82 Å². The lowest BCUT2D eigenvalue weighted by molar-refractivity contribution is 0.241. The molecule has 0 fully saturated rings. The first-order valence-electron chi connectivity index (χ1n) is 9.81. The molecule has 0 saturated carbocycles. The fourth-order valence-corrected chi connectivity index (χ4v) is 4.12. The zero-order valence-electron chi connectivity index (χ0n) is 15.7.